The van der Waals surface area contributed by atoms with Crippen LogP contribution in [0.15, 0.2) is 26.3 Å². The molecule has 4 heterocycles. The van der Waals surface area contributed by atoms with E-state index in [9.17, 15) is 29.4 Å². The van der Waals surface area contributed by atoms with Gasteiger partial charge in [-0.1, -0.05) is 35.0 Å². The summed E-state index contributed by atoms with van der Waals surface area (Å²) in [5.41, 5.74) is 5.55. The number of rotatable bonds is 9. The number of tetrazole rings is 1. The molecule has 2 amide bonds. The van der Waals surface area contributed by atoms with Crippen LogP contribution in [0.1, 0.15) is 5.69 Å². The van der Waals surface area contributed by atoms with E-state index < -0.39 is 41.7 Å². The fourth-order valence-corrected chi connectivity index (χ4v) is 6.65. The number of nitrogens with two attached hydrogens (primary N) is 1. The normalized spacial score (nSPS) is 17.9. The minimum Gasteiger partial charge on any atom is -0.548 e. The molecule has 190 valence electrons. The van der Waals surface area contributed by atoms with Gasteiger partial charge in [0.05, 0.1) is 35.4 Å². The molecular weight excluding hydrogens is 625 g/mol. The minimum atomic E-state index is -1.58. The number of fused-ring (bicyclic) bond motifs is 1. The van der Waals surface area contributed by atoms with Crippen molar-refractivity contribution in [2.75, 3.05) is 17.2 Å². The summed E-state index contributed by atoms with van der Waals surface area (Å²) in [6, 6.07) is -1.06. The van der Waals surface area contributed by atoms with Crippen LogP contribution in [0.5, 0.6) is 0 Å². The number of nitrogens with one attached hydrogen (secondary N) is 1. The molecule has 1 unspecified atom stereocenters. The number of halogens is 2. The molecule has 2 aliphatic heterocycles. The van der Waals surface area contributed by atoms with E-state index in [-0.39, 0.29) is 102 Å². The number of nitrogen functional groups attached to an aromatic ring is 1. The maximum Gasteiger partial charge on any atom is 1.00 e. The largest absolute Gasteiger partial charge is 1.00 e. The summed E-state index contributed by atoms with van der Waals surface area (Å²) in [5, 5.41) is 37.0. The number of aromatic nitrogens is 5. The number of aliphatic carboxylic acids is 2. The molecule has 0 radical (unpaired) electrons. The van der Waals surface area contributed by atoms with E-state index in [0.29, 0.717) is 5.57 Å². The van der Waals surface area contributed by atoms with Gasteiger partial charge in [-0.15, -0.1) is 28.2 Å². The fourth-order valence-electron chi connectivity index (χ4n) is 3.37. The second kappa shape index (κ2) is 14.2. The average molecular weight is 637 g/mol. The number of carboxylic acids is 2. The quantitative estimate of drug-likeness (QED) is 0.113. The van der Waals surface area contributed by atoms with Crippen LogP contribution in [0.3, 0.4) is 0 Å². The molecule has 0 saturated carbocycles. The summed E-state index contributed by atoms with van der Waals surface area (Å²) in [4.78, 5) is 53.5. The number of hydrogen-bond donors (Lipinski definition) is 2. The molecule has 38 heavy (non-hydrogen) atoms. The van der Waals surface area contributed by atoms with Gasteiger partial charge in [0.2, 0.25) is 5.16 Å². The summed E-state index contributed by atoms with van der Waals surface area (Å²) in [6.45, 7) is -0.583. The third-order valence-corrected chi connectivity index (χ3v) is 8.31. The van der Waals surface area contributed by atoms with E-state index >= 15 is 0 Å². The molecule has 2 aromatic heterocycles. The molecule has 2 atom stereocenters. The van der Waals surface area contributed by atoms with Gasteiger partial charge in [0.25, 0.3) is 11.8 Å². The van der Waals surface area contributed by atoms with Crippen molar-refractivity contribution in [2.24, 2.45) is 0 Å². The van der Waals surface area contributed by atoms with Gasteiger partial charge in [-0.3, -0.25) is 14.5 Å². The third-order valence-electron chi connectivity index (χ3n) is 4.87. The number of amides is 2. The first-order chi connectivity index (χ1) is 17.1. The van der Waals surface area contributed by atoms with Crippen LogP contribution in [0.25, 0.3) is 5.57 Å². The van der Waals surface area contributed by atoms with Gasteiger partial charge in [-0.25, -0.2) is 9.67 Å². The summed E-state index contributed by atoms with van der Waals surface area (Å²) in [7, 11) is 0. The zero-order valence-electron chi connectivity index (χ0n) is 19.5. The van der Waals surface area contributed by atoms with Crippen molar-refractivity contribution in [3.05, 3.63) is 26.8 Å². The van der Waals surface area contributed by atoms with E-state index in [1.54, 1.807) is 0 Å². The van der Waals surface area contributed by atoms with Gasteiger partial charge >= 0.3 is 59.1 Å². The maximum atomic E-state index is 12.9. The molecule has 2 aliphatic rings. The van der Waals surface area contributed by atoms with Gasteiger partial charge in [0.15, 0.2) is 5.13 Å². The van der Waals surface area contributed by atoms with Crippen LogP contribution in [0.2, 0.25) is 0 Å². The Hall–Kier alpha value is -0.860. The Morgan fingerprint density at radius 2 is 1.97 bits per heavy atom. The molecule has 1 saturated heterocycles. The van der Waals surface area contributed by atoms with Gasteiger partial charge in [0.1, 0.15) is 15.9 Å². The van der Waals surface area contributed by atoms with Crippen molar-refractivity contribution < 1.29 is 88.5 Å². The molecule has 21 heteroatoms. The van der Waals surface area contributed by atoms with Gasteiger partial charge in [0, 0.05) is 16.9 Å². The van der Waals surface area contributed by atoms with Crippen LogP contribution >= 0.6 is 58.1 Å². The first kappa shape index (κ1) is 33.3. The Balaban J connectivity index is 0.00000253. The van der Waals surface area contributed by atoms with Gasteiger partial charge < -0.3 is 30.9 Å². The summed E-state index contributed by atoms with van der Waals surface area (Å²) < 4.78 is 0.606. The molecule has 0 aliphatic carbocycles. The van der Waals surface area contributed by atoms with Gasteiger partial charge in [-0.05, 0) is 16.0 Å². The monoisotopic (exact) mass is 636 g/mol. The van der Waals surface area contributed by atoms with E-state index in [4.69, 9.17) is 28.9 Å². The zero-order valence-corrected chi connectivity index (χ0v) is 27.5. The first-order valence-electron chi connectivity index (χ1n) is 9.62. The smallest absolute Gasteiger partial charge is 0.548 e. The topological polar surface area (TPSA) is 212 Å². The Morgan fingerprint density at radius 3 is 2.55 bits per heavy atom. The maximum absolute atomic E-state index is 12.9. The fraction of sp³-hybridized carbons (Fsp3) is 0.294. The van der Waals surface area contributed by atoms with Crippen molar-refractivity contribution in [1.82, 2.24) is 35.4 Å². The second-order valence-electron chi connectivity index (χ2n) is 7.09. The number of β-lactam (4-membered cyclic amide) rings is 1. The number of nitrogens with zero attached hydrogens (tertiary/aromatic N) is 6. The molecule has 0 aromatic carbocycles. The van der Waals surface area contributed by atoms with Crippen LogP contribution in [-0.2, 0) is 25.7 Å². The van der Waals surface area contributed by atoms with E-state index in [1.807, 2.05) is 0 Å². The Morgan fingerprint density at radius 1 is 1.26 bits per heavy atom. The molecule has 0 spiro atoms. The zero-order chi connectivity index (χ0) is 26.1. The van der Waals surface area contributed by atoms with Crippen molar-refractivity contribution in [3.63, 3.8) is 0 Å². The molecular formula is C17H12Cl2N8Na2O6S3. The minimum absolute atomic E-state index is 0. The van der Waals surface area contributed by atoms with Gasteiger partial charge in [-0.2, -0.15) is 0 Å². The Bertz CT molecular complexity index is 1330. The van der Waals surface area contributed by atoms with Crippen LogP contribution < -0.4 is 80.4 Å². The molecule has 2 aromatic rings. The predicted molar refractivity (Wildman–Crippen MR) is 126 cm³/mol. The number of anilines is 1. The van der Waals surface area contributed by atoms with Crippen LogP contribution in [-0.4, -0.2) is 76.8 Å². The molecule has 14 nitrogen and oxygen atoms in total. The van der Waals surface area contributed by atoms with Crippen LogP contribution in [0, 0.1) is 0 Å². The predicted octanol–water partition coefficient (Wildman–Crippen LogP) is -8.19. The van der Waals surface area contributed by atoms with E-state index in [1.165, 1.54) is 17.1 Å². The number of carbonyl (C=O) groups is 4. The van der Waals surface area contributed by atoms with Crippen molar-refractivity contribution in [3.8, 4) is 0 Å². The second-order valence-corrected chi connectivity index (χ2v) is 11.0. The SMILES string of the molecule is Nc1nc(C(C(=O)NC2C(=O)N3C(C(=O)[O-])=C(CSc4nnnn4CC(=O)[O-])CS[C@@H]23)=C(Cl)Cl)cs1.[Na+].[Na+]. The van der Waals surface area contributed by atoms with E-state index in [2.05, 4.69) is 25.8 Å². The Kier molecular flexibility index (Phi) is 12.4. The van der Waals surface area contributed by atoms with E-state index in [0.717, 1.165) is 32.7 Å². The summed E-state index contributed by atoms with van der Waals surface area (Å²) >= 11 is 15.0. The Labute approximate surface area is 280 Å². The molecule has 4 rings (SSSR count). The number of carbonyl (C=O) groups excluding carboxylic acids is 4. The van der Waals surface area contributed by atoms with Crippen molar-refractivity contribution >= 4 is 92.5 Å². The third kappa shape index (κ3) is 7.06. The van der Waals surface area contributed by atoms with Crippen molar-refractivity contribution in [1.29, 1.82) is 0 Å². The molecule has 3 N–H and O–H groups in total. The molecule has 1 fully saturated rings. The first-order valence-corrected chi connectivity index (χ1v) is 13.3. The number of thiazole rings is 1. The average Bonchev–Trinajstić information content (AvgIpc) is 3.43. The summed E-state index contributed by atoms with van der Waals surface area (Å²) in [6.07, 6.45) is 0. The summed E-state index contributed by atoms with van der Waals surface area (Å²) in [5.74, 6) is -4.21. The number of hydrogen-bond acceptors (Lipinski definition) is 14. The number of carboxylic acid groups (broad SMARTS) is 2. The van der Waals surface area contributed by atoms with Crippen molar-refractivity contribution in [2.45, 2.75) is 23.1 Å². The van der Waals surface area contributed by atoms with Crippen LogP contribution in [0.4, 0.5) is 5.13 Å². The standard InChI is InChI=1S/C17H14Cl2N8O6S3.2Na/c18-11(19)8(6-4-35-16(20)21-6)12(30)22-9-13(31)27-10(15(32)33)5(2-34-14(9)27)3-36-17-23-24-25-26(17)1-7(28)29;;/h4,9,14H,1-3H2,(H2,20,21)(H,22,30)(H,28,29)(H,32,33);;/q;2*+1/p-2/t9?,14-;;/m0../s1. The molecule has 0 bridgehead atoms. The number of thioether (sulfide) groups is 2.